The van der Waals surface area contributed by atoms with Crippen LogP contribution in [0.4, 0.5) is 0 Å². The minimum absolute atomic E-state index is 0. The number of carbonyl (C=O) groups excluding carboxylic acids is 3. The minimum Gasteiger partial charge on any atom is -0.338 e. The summed E-state index contributed by atoms with van der Waals surface area (Å²) in [5, 5.41) is 3.15. The quantitative estimate of drug-likeness (QED) is 0.765. The van der Waals surface area contributed by atoms with Crippen molar-refractivity contribution in [3.05, 3.63) is 70.8 Å². The number of likely N-dealkylation sites (tertiary alicyclic amines) is 1. The van der Waals surface area contributed by atoms with E-state index in [4.69, 9.17) is 0 Å². The molecule has 4 rings (SSSR count). The molecule has 0 radical (unpaired) electrons. The molecule has 29 heavy (non-hydrogen) atoms. The molecule has 0 bridgehead atoms. The van der Waals surface area contributed by atoms with E-state index in [1.807, 2.05) is 42.3 Å². The number of rotatable bonds is 5. The van der Waals surface area contributed by atoms with Crippen LogP contribution in [0.2, 0.25) is 0 Å². The summed E-state index contributed by atoms with van der Waals surface area (Å²) < 4.78 is 0. The van der Waals surface area contributed by atoms with Gasteiger partial charge >= 0.3 is 0 Å². The van der Waals surface area contributed by atoms with Crippen molar-refractivity contribution in [3.63, 3.8) is 0 Å². The maximum absolute atomic E-state index is 12.9. The normalized spacial score (nSPS) is 18.0. The van der Waals surface area contributed by atoms with Crippen LogP contribution in [0.15, 0.2) is 48.5 Å². The van der Waals surface area contributed by atoms with Crippen LogP contribution in [0.3, 0.4) is 0 Å². The summed E-state index contributed by atoms with van der Waals surface area (Å²) in [5.74, 6) is -0.276. The molecule has 1 fully saturated rings. The summed E-state index contributed by atoms with van der Waals surface area (Å²) in [7, 11) is 1.91. The summed E-state index contributed by atoms with van der Waals surface area (Å²) in [4.78, 5) is 41.4. The van der Waals surface area contributed by atoms with Crippen LogP contribution in [0.25, 0.3) is 0 Å². The summed E-state index contributed by atoms with van der Waals surface area (Å²) in [6, 6.07) is 14.3. The molecular formula is C22H24ClN3O3. The summed E-state index contributed by atoms with van der Waals surface area (Å²) in [6.07, 6.45) is 0.972. The van der Waals surface area contributed by atoms with Gasteiger partial charge in [-0.15, -0.1) is 12.4 Å². The fraction of sp³-hybridized carbons (Fsp3) is 0.318. The third-order valence-electron chi connectivity index (χ3n) is 5.47. The zero-order valence-corrected chi connectivity index (χ0v) is 17.1. The number of nitrogens with one attached hydrogen (secondary N) is 1. The molecule has 152 valence electrons. The molecule has 2 aromatic rings. The lowest BCUT2D eigenvalue weighted by atomic mass is 10.0. The summed E-state index contributed by atoms with van der Waals surface area (Å²) in [6.45, 7) is 2.54. The van der Waals surface area contributed by atoms with Gasteiger partial charge in [0.25, 0.3) is 17.7 Å². The van der Waals surface area contributed by atoms with E-state index >= 15 is 0 Å². The van der Waals surface area contributed by atoms with Crippen molar-refractivity contribution in [1.82, 2.24) is 15.1 Å². The van der Waals surface area contributed by atoms with Crippen LogP contribution in [-0.2, 0) is 6.54 Å². The average Bonchev–Trinajstić information content (AvgIpc) is 3.27. The topological polar surface area (TPSA) is 69.7 Å². The van der Waals surface area contributed by atoms with Crippen LogP contribution >= 0.6 is 12.4 Å². The maximum atomic E-state index is 12.9. The van der Waals surface area contributed by atoms with Crippen molar-refractivity contribution in [3.8, 4) is 0 Å². The number of carbonyl (C=O) groups is 3. The smallest absolute Gasteiger partial charge is 0.261 e. The number of amides is 3. The van der Waals surface area contributed by atoms with E-state index < -0.39 is 0 Å². The standard InChI is InChI=1S/C22H23N3O3.ClH/c1-23-12-16-9-10-24(13-16)20(26)17-7-8-18-19(11-17)22(28)25(21(18)27)14-15-5-3-2-4-6-15;/h2-8,11,16,23H,9-10,12-14H2,1H3;1H. The first-order valence-electron chi connectivity index (χ1n) is 9.56. The molecular weight excluding hydrogens is 390 g/mol. The molecule has 2 aliphatic heterocycles. The lowest BCUT2D eigenvalue weighted by Crippen LogP contribution is -2.30. The number of imide groups is 1. The predicted molar refractivity (Wildman–Crippen MR) is 112 cm³/mol. The zero-order chi connectivity index (χ0) is 19.7. The highest BCUT2D eigenvalue weighted by Gasteiger charge is 2.36. The second-order valence-electron chi connectivity index (χ2n) is 7.41. The Labute approximate surface area is 176 Å². The van der Waals surface area contributed by atoms with Gasteiger partial charge in [-0.2, -0.15) is 0 Å². The number of fused-ring (bicyclic) bond motifs is 1. The lowest BCUT2D eigenvalue weighted by molar-refractivity contribution is 0.0642. The molecule has 1 saturated heterocycles. The molecule has 3 amide bonds. The monoisotopic (exact) mass is 413 g/mol. The van der Waals surface area contributed by atoms with Crippen molar-refractivity contribution in [2.24, 2.45) is 5.92 Å². The van der Waals surface area contributed by atoms with Crippen LogP contribution in [0, 0.1) is 5.92 Å². The molecule has 0 spiro atoms. The van der Waals surface area contributed by atoms with Gasteiger partial charge in [-0.1, -0.05) is 30.3 Å². The fourth-order valence-corrected chi connectivity index (χ4v) is 3.99. The Balaban J connectivity index is 0.00000240. The van der Waals surface area contributed by atoms with Gasteiger partial charge in [0.15, 0.2) is 0 Å². The highest BCUT2D eigenvalue weighted by Crippen LogP contribution is 2.27. The fourth-order valence-electron chi connectivity index (χ4n) is 3.99. The van der Waals surface area contributed by atoms with Crippen LogP contribution in [-0.4, -0.2) is 54.2 Å². The second kappa shape index (κ2) is 8.76. The van der Waals surface area contributed by atoms with Crippen LogP contribution < -0.4 is 5.32 Å². The van der Waals surface area contributed by atoms with Gasteiger partial charge < -0.3 is 10.2 Å². The Morgan fingerprint density at radius 3 is 2.52 bits per heavy atom. The SMILES string of the molecule is CNCC1CCN(C(=O)c2ccc3c(c2)C(=O)N(Cc2ccccc2)C3=O)C1.Cl. The molecule has 1 atom stereocenters. The molecule has 0 aromatic heterocycles. The van der Waals surface area contributed by atoms with Crippen molar-refractivity contribution in [2.75, 3.05) is 26.7 Å². The molecule has 6 nitrogen and oxygen atoms in total. The Morgan fingerprint density at radius 2 is 1.79 bits per heavy atom. The highest BCUT2D eigenvalue weighted by molar-refractivity contribution is 6.22. The molecule has 7 heteroatoms. The van der Waals surface area contributed by atoms with Gasteiger partial charge in [-0.05, 0) is 49.7 Å². The lowest BCUT2D eigenvalue weighted by Gasteiger charge is -2.17. The van der Waals surface area contributed by atoms with Gasteiger partial charge in [0, 0.05) is 18.7 Å². The first kappa shape index (κ1) is 21.0. The average molecular weight is 414 g/mol. The van der Waals surface area contributed by atoms with Gasteiger partial charge in [-0.3, -0.25) is 19.3 Å². The maximum Gasteiger partial charge on any atom is 0.261 e. The van der Waals surface area contributed by atoms with Gasteiger partial charge in [0.1, 0.15) is 0 Å². The first-order valence-corrected chi connectivity index (χ1v) is 9.56. The van der Waals surface area contributed by atoms with Crippen molar-refractivity contribution in [2.45, 2.75) is 13.0 Å². The highest BCUT2D eigenvalue weighted by atomic mass is 35.5. The molecule has 0 aliphatic carbocycles. The van der Waals surface area contributed by atoms with Crippen molar-refractivity contribution < 1.29 is 14.4 Å². The second-order valence-corrected chi connectivity index (χ2v) is 7.41. The number of nitrogens with zero attached hydrogens (tertiary/aromatic N) is 2. The zero-order valence-electron chi connectivity index (χ0n) is 16.3. The molecule has 2 heterocycles. The number of benzene rings is 2. The largest absolute Gasteiger partial charge is 0.338 e. The third kappa shape index (κ3) is 4.04. The molecule has 1 N–H and O–H groups in total. The Kier molecular flexibility index (Phi) is 6.35. The Morgan fingerprint density at radius 1 is 1.07 bits per heavy atom. The van der Waals surface area contributed by atoms with E-state index in [0.29, 0.717) is 29.2 Å². The van der Waals surface area contributed by atoms with E-state index in [0.717, 1.165) is 25.1 Å². The van der Waals surface area contributed by atoms with Crippen LogP contribution in [0.5, 0.6) is 0 Å². The van der Waals surface area contributed by atoms with E-state index in [1.165, 1.54) is 4.90 Å². The number of halogens is 1. The summed E-state index contributed by atoms with van der Waals surface area (Å²) in [5.41, 5.74) is 2.04. The van der Waals surface area contributed by atoms with E-state index in [1.54, 1.807) is 18.2 Å². The van der Waals surface area contributed by atoms with E-state index in [9.17, 15) is 14.4 Å². The summed E-state index contributed by atoms with van der Waals surface area (Å²) >= 11 is 0. The molecule has 2 aliphatic rings. The first-order chi connectivity index (χ1) is 13.6. The van der Waals surface area contributed by atoms with Gasteiger partial charge in [-0.25, -0.2) is 0 Å². The van der Waals surface area contributed by atoms with Crippen molar-refractivity contribution in [1.29, 1.82) is 0 Å². The minimum atomic E-state index is -0.340. The van der Waals surface area contributed by atoms with Crippen LogP contribution in [0.1, 0.15) is 43.1 Å². The van der Waals surface area contributed by atoms with Gasteiger partial charge in [0.2, 0.25) is 0 Å². The predicted octanol–water partition coefficient (Wildman–Crippen LogP) is 2.59. The Bertz CT molecular complexity index is 932. The molecule has 2 aromatic carbocycles. The number of hydrogen-bond donors (Lipinski definition) is 1. The third-order valence-corrected chi connectivity index (χ3v) is 5.47. The van der Waals surface area contributed by atoms with Crippen molar-refractivity contribution >= 4 is 30.1 Å². The van der Waals surface area contributed by atoms with E-state index in [-0.39, 0.29) is 36.7 Å². The van der Waals surface area contributed by atoms with E-state index in [2.05, 4.69) is 5.32 Å². The number of hydrogen-bond acceptors (Lipinski definition) is 4. The molecule has 1 unspecified atom stereocenters. The Hall–Kier alpha value is -2.70. The molecule has 0 saturated carbocycles. The van der Waals surface area contributed by atoms with Gasteiger partial charge in [0.05, 0.1) is 17.7 Å².